The lowest BCUT2D eigenvalue weighted by Crippen LogP contribution is -2.71. The van der Waals surface area contributed by atoms with Crippen LogP contribution in [-0.4, -0.2) is 87.2 Å². The number of hydrogen-bond donors (Lipinski definition) is 2. The van der Waals surface area contributed by atoms with Crippen LogP contribution in [0.3, 0.4) is 0 Å². The molecule has 1 aromatic carbocycles. The summed E-state index contributed by atoms with van der Waals surface area (Å²) in [4.78, 5) is 42.6. The van der Waals surface area contributed by atoms with E-state index in [1.54, 1.807) is 4.90 Å². The zero-order chi connectivity index (χ0) is 32.3. The van der Waals surface area contributed by atoms with Gasteiger partial charge in [-0.1, -0.05) is 25.3 Å². The van der Waals surface area contributed by atoms with E-state index in [1.165, 1.54) is 23.3 Å². The van der Waals surface area contributed by atoms with E-state index in [0.717, 1.165) is 43.7 Å². The van der Waals surface area contributed by atoms with Gasteiger partial charge in [-0.2, -0.15) is 18.2 Å². The van der Waals surface area contributed by atoms with Crippen LogP contribution in [0.15, 0.2) is 43.0 Å². The zero-order valence-electron chi connectivity index (χ0n) is 25.3. The number of benzene rings is 1. The van der Waals surface area contributed by atoms with Crippen LogP contribution in [-0.2, 0) is 22.2 Å². The highest BCUT2D eigenvalue weighted by Gasteiger charge is 2.51. The molecule has 12 nitrogen and oxygen atoms in total. The number of halogens is 3. The van der Waals surface area contributed by atoms with Gasteiger partial charge in [-0.25, -0.2) is 9.97 Å². The van der Waals surface area contributed by atoms with Crippen LogP contribution in [0, 0.1) is 0 Å². The summed E-state index contributed by atoms with van der Waals surface area (Å²) in [5, 5.41) is 2.92. The fourth-order valence-electron chi connectivity index (χ4n) is 6.65. The number of alkyl halides is 3. The monoisotopic (exact) mass is 642 g/mol. The first kappa shape index (κ1) is 31.6. The molecule has 3 aromatic rings. The average molecular weight is 643 g/mol. The van der Waals surface area contributed by atoms with Gasteiger partial charge in [-0.3, -0.25) is 19.1 Å². The van der Waals surface area contributed by atoms with E-state index in [1.807, 2.05) is 23.1 Å². The lowest BCUT2D eigenvalue weighted by atomic mass is 9.83. The normalized spacial score (nSPS) is 20.8. The fraction of sp³-hybridized carbons (Fsp3) is 0.516. The minimum atomic E-state index is -4.74. The molecule has 15 heteroatoms. The highest BCUT2D eigenvalue weighted by atomic mass is 19.4. The Morgan fingerprint density at radius 2 is 1.83 bits per heavy atom. The van der Waals surface area contributed by atoms with E-state index in [2.05, 4.69) is 20.3 Å². The quantitative estimate of drug-likeness (QED) is 0.361. The molecular formula is C31H37F3N8O4. The van der Waals surface area contributed by atoms with E-state index in [4.69, 9.17) is 15.2 Å². The number of carbonyl (C=O) groups excluding carboxylic acids is 2. The average Bonchev–Trinajstić information content (AvgIpc) is 3.60. The van der Waals surface area contributed by atoms with Gasteiger partial charge in [0.2, 0.25) is 17.8 Å². The molecule has 2 aliphatic heterocycles. The number of primary amides is 1. The van der Waals surface area contributed by atoms with Crippen molar-refractivity contribution in [2.75, 3.05) is 44.3 Å². The number of hydrogen-bond acceptors (Lipinski definition) is 9. The van der Waals surface area contributed by atoms with Crippen LogP contribution >= 0.6 is 0 Å². The number of anilines is 1. The van der Waals surface area contributed by atoms with Crippen LogP contribution in [0.25, 0.3) is 5.95 Å². The summed E-state index contributed by atoms with van der Waals surface area (Å²) in [5.74, 6) is 0.0251. The van der Waals surface area contributed by atoms with E-state index in [0.29, 0.717) is 44.2 Å². The van der Waals surface area contributed by atoms with Gasteiger partial charge >= 0.3 is 6.18 Å². The van der Waals surface area contributed by atoms with Crippen molar-refractivity contribution >= 4 is 17.6 Å². The maximum atomic E-state index is 14.0. The van der Waals surface area contributed by atoms with E-state index >= 15 is 0 Å². The molecule has 46 heavy (non-hydrogen) atoms. The first-order valence-corrected chi connectivity index (χ1v) is 15.5. The summed E-state index contributed by atoms with van der Waals surface area (Å²) in [6.45, 7) is 1.76. The molecular weight excluding hydrogens is 605 g/mol. The van der Waals surface area contributed by atoms with Gasteiger partial charge in [0.15, 0.2) is 17.2 Å². The summed E-state index contributed by atoms with van der Waals surface area (Å²) in [6.07, 6.45) is 4.43. The molecule has 1 saturated carbocycles. The van der Waals surface area contributed by atoms with Crippen molar-refractivity contribution in [3.63, 3.8) is 0 Å². The Kier molecular flexibility index (Phi) is 9.02. The summed E-state index contributed by atoms with van der Waals surface area (Å²) >= 11 is 0. The fourth-order valence-corrected chi connectivity index (χ4v) is 6.65. The molecule has 3 N–H and O–H groups in total. The predicted molar refractivity (Wildman–Crippen MR) is 161 cm³/mol. The molecule has 2 aromatic heterocycles. The van der Waals surface area contributed by atoms with Crippen molar-refractivity contribution in [3.8, 4) is 17.4 Å². The third kappa shape index (κ3) is 6.73. The Balaban J connectivity index is 1.25. The Morgan fingerprint density at radius 1 is 1.04 bits per heavy atom. The number of rotatable bonds is 9. The number of carbonyl (C=O) groups is 2. The molecule has 2 fully saturated rings. The first-order chi connectivity index (χ1) is 22.1. The van der Waals surface area contributed by atoms with Crippen LogP contribution < -0.4 is 25.4 Å². The number of piperazine rings is 1. The van der Waals surface area contributed by atoms with Crippen LogP contribution in [0.4, 0.5) is 19.0 Å². The number of aromatic nitrogens is 4. The predicted octanol–water partition coefficient (Wildman–Crippen LogP) is 2.88. The van der Waals surface area contributed by atoms with Crippen LogP contribution in [0.5, 0.6) is 11.5 Å². The highest BCUT2D eigenvalue weighted by molar-refractivity contribution is 5.92. The maximum Gasteiger partial charge on any atom is 0.433 e. The van der Waals surface area contributed by atoms with Crippen molar-refractivity contribution in [3.05, 3.63) is 54.2 Å². The Hall–Kier alpha value is -4.40. The standard InChI is InChI=1S/C31H37F3N8O4/c32-31(33,34)25-17-26(39-29(38-25)41-11-10-36-20-41)40-12-13-42(22-4-2-1-3-5-22)30(19-40,28(35)44)18-27(43)37-9-8-21-6-7-23-24(16-21)46-15-14-45-23/h6-7,10-11,16-17,20,22H,1-5,8-9,12-15,18-19H2,(H2,35,44)(H,37,43). The third-order valence-electron chi connectivity index (χ3n) is 8.93. The third-order valence-corrected chi connectivity index (χ3v) is 8.93. The van der Waals surface area contributed by atoms with E-state index in [-0.39, 0.29) is 43.2 Å². The summed E-state index contributed by atoms with van der Waals surface area (Å²) in [7, 11) is 0. The molecule has 1 unspecified atom stereocenters. The van der Waals surface area contributed by atoms with Crippen molar-refractivity contribution < 1.29 is 32.2 Å². The van der Waals surface area contributed by atoms with Gasteiger partial charge in [0.05, 0.1) is 6.42 Å². The smallest absolute Gasteiger partial charge is 0.433 e. The molecule has 246 valence electrons. The second-order valence-electron chi connectivity index (χ2n) is 11.9. The maximum absolute atomic E-state index is 14.0. The summed E-state index contributed by atoms with van der Waals surface area (Å²) in [5.41, 5.74) is 4.48. The molecule has 2 amide bonds. The molecule has 0 radical (unpaired) electrons. The Bertz CT molecular complexity index is 1550. The molecule has 4 heterocycles. The molecule has 6 rings (SSSR count). The first-order valence-electron chi connectivity index (χ1n) is 15.5. The lowest BCUT2D eigenvalue weighted by molar-refractivity contribution is -0.141. The van der Waals surface area contributed by atoms with Crippen LogP contribution in [0.1, 0.15) is 49.8 Å². The van der Waals surface area contributed by atoms with Gasteiger partial charge in [0, 0.05) is 50.7 Å². The van der Waals surface area contributed by atoms with E-state index < -0.39 is 23.3 Å². The Labute approximate surface area is 264 Å². The second-order valence-corrected chi connectivity index (χ2v) is 11.9. The van der Waals surface area contributed by atoms with Crippen molar-refractivity contribution in [2.45, 2.75) is 62.7 Å². The molecule has 3 aliphatic rings. The number of ether oxygens (including phenoxy) is 2. The van der Waals surface area contributed by atoms with Gasteiger partial charge in [-0.05, 0) is 37.0 Å². The SMILES string of the molecule is NC(=O)C1(CC(=O)NCCc2ccc3c(c2)OCCO3)CN(c2cc(C(F)(F)F)nc(-n3ccnc3)n2)CCN1C1CCCCC1. The number of nitrogens with one attached hydrogen (secondary N) is 1. The summed E-state index contributed by atoms with van der Waals surface area (Å²) in [6, 6.07) is 6.51. The topological polar surface area (TPSA) is 141 Å². The lowest BCUT2D eigenvalue weighted by Gasteiger charge is -2.52. The molecule has 0 bridgehead atoms. The summed E-state index contributed by atoms with van der Waals surface area (Å²) < 4.78 is 54.4. The van der Waals surface area contributed by atoms with Gasteiger partial charge in [0.25, 0.3) is 0 Å². The van der Waals surface area contributed by atoms with E-state index in [9.17, 15) is 22.8 Å². The zero-order valence-corrected chi connectivity index (χ0v) is 25.3. The van der Waals surface area contributed by atoms with Crippen molar-refractivity contribution in [2.24, 2.45) is 5.73 Å². The van der Waals surface area contributed by atoms with Crippen molar-refractivity contribution in [1.29, 1.82) is 0 Å². The number of amides is 2. The number of nitrogens with zero attached hydrogens (tertiary/aromatic N) is 6. The Morgan fingerprint density at radius 3 is 2.54 bits per heavy atom. The van der Waals surface area contributed by atoms with Gasteiger partial charge < -0.3 is 25.4 Å². The minimum absolute atomic E-state index is 0.0149. The number of nitrogens with two attached hydrogens (primary N) is 1. The minimum Gasteiger partial charge on any atom is -0.486 e. The van der Waals surface area contributed by atoms with Gasteiger partial charge in [0.1, 0.15) is 30.9 Å². The molecule has 1 aliphatic carbocycles. The molecule has 0 spiro atoms. The van der Waals surface area contributed by atoms with Crippen molar-refractivity contribution in [1.82, 2.24) is 29.7 Å². The van der Waals surface area contributed by atoms with Gasteiger partial charge in [-0.15, -0.1) is 0 Å². The molecule has 1 atom stereocenters. The molecule has 1 saturated heterocycles. The number of fused-ring (bicyclic) bond motifs is 1. The highest BCUT2D eigenvalue weighted by Crippen LogP contribution is 2.37. The van der Waals surface area contributed by atoms with Crippen LogP contribution in [0.2, 0.25) is 0 Å². The largest absolute Gasteiger partial charge is 0.486 e. The number of imidazole rings is 1. The second kappa shape index (κ2) is 13.1.